The van der Waals surface area contributed by atoms with Crippen molar-refractivity contribution in [1.29, 1.82) is 0 Å². The van der Waals surface area contributed by atoms with Gasteiger partial charge in [-0.1, -0.05) is 175 Å². The molecule has 0 bridgehead atoms. The molecular weight excluding hydrogens is 773 g/mol. The number of aryl methyl sites for hydroxylation is 4. The third kappa shape index (κ3) is 9.83. The maximum absolute atomic E-state index is 2.38. The highest BCUT2D eigenvalue weighted by Gasteiger charge is 2.19. The zero-order chi connectivity index (χ0) is 43.7. The Morgan fingerprint density at radius 3 is 1.41 bits per heavy atom. The van der Waals surface area contributed by atoms with Crippen LogP contribution < -0.4 is 9.80 Å². The summed E-state index contributed by atoms with van der Waals surface area (Å²) in [5.41, 5.74) is 19.2. The zero-order valence-corrected chi connectivity index (χ0v) is 37.0. The summed E-state index contributed by atoms with van der Waals surface area (Å²) in [6.45, 7) is 6.48. The van der Waals surface area contributed by atoms with Gasteiger partial charge in [0.1, 0.15) is 0 Å². The van der Waals surface area contributed by atoms with E-state index in [1.807, 2.05) is 0 Å². The Hall–Kier alpha value is -7.68. The van der Waals surface area contributed by atoms with Gasteiger partial charge >= 0.3 is 0 Å². The van der Waals surface area contributed by atoms with Crippen LogP contribution in [-0.4, -0.2) is 0 Å². The van der Waals surface area contributed by atoms with Gasteiger partial charge in [-0.25, -0.2) is 0 Å². The summed E-state index contributed by atoms with van der Waals surface area (Å²) in [5.74, 6) is 0.268. The summed E-state index contributed by atoms with van der Waals surface area (Å²) >= 11 is 0. The fraction of sp³-hybridized carbons (Fsp3) is 0.0968. The van der Waals surface area contributed by atoms with Crippen LogP contribution in [0.5, 0.6) is 0 Å². The molecule has 9 rings (SSSR count). The fourth-order valence-electron chi connectivity index (χ4n) is 8.90. The van der Waals surface area contributed by atoms with Crippen LogP contribution in [0.3, 0.4) is 0 Å². The molecule has 0 aliphatic carbocycles. The maximum Gasteiger partial charge on any atom is 0.0464 e. The molecule has 0 saturated heterocycles. The molecule has 9 aromatic rings. The summed E-state index contributed by atoms with van der Waals surface area (Å²) in [6.07, 6.45) is 4.35. The smallest absolute Gasteiger partial charge is 0.0464 e. The summed E-state index contributed by atoms with van der Waals surface area (Å²) in [5, 5.41) is 0. The van der Waals surface area contributed by atoms with E-state index < -0.39 is 0 Å². The molecule has 0 heterocycles. The van der Waals surface area contributed by atoms with Gasteiger partial charge in [0, 0.05) is 40.0 Å². The molecule has 0 aliphatic heterocycles. The molecule has 0 spiro atoms. The van der Waals surface area contributed by atoms with Crippen LogP contribution in [0.4, 0.5) is 34.1 Å². The Balaban J connectivity index is 1.11. The number of benzene rings is 9. The van der Waals surface area contributed by atoms with E-state index >= 15 is 0 Å². The predicted octanol–water partition coefficient (Wildman–Crippen LogP) is 16.9. The van der Waals surface area contributed by atoms with E-state index in [9.17, 15) is 0 Å². The summed E-state index contributed by atoms with van der Waals surface area (Å²) in [4.78, 5) is 4.71. The van der Waals surface area contributed by atoms with Crippen LogP contribution in [0.25, 0.3) is 11.6 Å². The monoisotopic (exact) mass is 826 g/mol. The van der Waals surface area contributed by atoms with Gasteiger partial charge in [0.25, 0.3) is 0 Å². The molecule has 0 fully saturated rings. The Morgan fingerprint density at radius 2 is 0.812 bits per heavy atom. The molecular formula is C62H54N2. The van der Waals surface area contributed by atoms with Gasteiger partial charge in [-0.2, -0.15) is 0 Å². The second-order valence-electron chi connectivity index (χ2n) is 16.8. The minimum Gasteiger partial charge on any atom is -0.311 e. The molecule has 1 unspecified atom stereocenters. The van der Waals surface area contributed by atoms with E-state index in [-0.39, 0.29) is 5.92 Å². The highest BCUT2D eigenvalue weighted by molar-refractivity contribution is 5.92. The Morgan fingerprint density at radius 1 is 0.375 bits per heavy atom. The largest absolute Gasteiger partial charge is 0.311 e. The minimum atomic E-state index is 0.268. The molecule has 2 heteroatoms. The second-order valence-corrected chi connectivity index (χ2v) is 16.8. The number of anilines is 6. The summed E-state index contributed by atoms with van der Waals surface area (Å²) in [7, 11) is 0. The van der Waals surface area contributed by atoms with Crippen molar-refractivity contribution in [2.75, 3.05) is 9.80 Å². The lowest BCUT2D eigenvalue weighted by Gasteiger charge is -2.29. The Kier molecular flexibility index (Phi) is 12.7. The number of hydrogen-bond donors (Lipinski definition) is 0. The van der Waals surface area contributed by atoms with Gasteiger partial charge in [-0.05, 0) is 157 Å². The van der Waals surface area contributed by atoms with Crippen LogP contribution in [0.15, 0.2) is 237 Å². The van der Waals surface area contributed by atoms with Gasteiger partial charge in [0.15, 0.2) is 0 Å². The predicted molar refractivity (Wildman–Crippen MR) is 273 cm³/mol. The molecule has 0 N–H and O–H groups in total. The molecule has 2 nitrogen and oxygen atoms in total. The van der Waals surface area contributed by atoms with E-state index in [1.54, 1.807) is 0 Å². The first-order chi connectivity index (χ1) is 31.4. The highest BCUT2D eigenvalue weighted by Crippen LogP contribution is 2.41. The molecule has 9 aromatic carbocycles. The van der Waals surface area contributed by atoms with Gasteiger partial charge in [-0.15, -0.1) is 0 Å². The van der Waals surface area contributed by atoms with Crippen LogP contribution in [-0.2, 0) is 6.42 Å². The topological polar surface area (TPSA) is 6.48 Å². The van der Waals surface area contributed by atoms with E-state index in [1.165, 1.54) is 50.1 Å². The molecule has 64 heavy (non-hydrogen) atoms. The number of para-hydroxylation sites is 1. The van der Waals surface area contributed by atoms with Crippen molar-refractivity contribution in [1.82, 2.24) is 0 Å². The zero-order valence-electron chi connectivity index (χ0n) is 37.0. The average Bonchev–Trinajstić information content (AvgIpc) is 3.33. The Bertz CT molecular complexity index is 2930. The van der Waals surface area contributed by atoms with Crippen molar-refractivity contribution < 1.29 is 0 Å². The third-order valence-electron chi connectivity index (χ3n) is 12.1. The molecule has 0 aromatic heterocycles. The van der Waals surface area contributed by atoms with Crippen molar-refractivity contribution in [3.63, 3.8) is 0 Å². The van der Waals surface area contributed by atoms with Gasteiger partial charge in [0.2, 0.25) is 0 Å². The number of nitrogens with zero attached hydrogens (tertiary/aromatic N) is 2. The molecule has 0 saturated carbocycles. The number of rotatable bonds is 14. The summed E-state index contributed by atoms with van der Waals surface area (Å²) < 4.78 is 0. The first-order valence-corrected chi connectivity index (χ1v) is 22.4. The Labute approximate surface area is 380 Å². The van der Waals surface area contributed by atoms with Crippen molar-refractivity contribution in [3.05, 3.63) is 287 Å². The third-order valence-corrected chi connectivity index (χ3v) is 12.1. The highest BCUT2D eigenvalue weighted by atomic mass is 15.2. The van der Waals surface area contributed by atoms with Crippen molar-refractivity contribution >= 4 is 45.8 Å². The van der Waals surface area contributed by atoms with Gasteiger partial charge in [-0.3, -0.25) is 0 Å². The number of hydrogen-bond acceptors (Lipinski definition) is 2. The normalized spacial score (nSPS) is 11.8. The van der Waals surface area contributed by atoms with Crippen molar-refractivity contribution in [2.45, 2.75) is 39.5 Å². The second kappa shape index (κ2) is 19.6. The van der Waals surface area contributed by atoms with E-state index in [2.05, 4.69) is 273 Å². The minimum absolute atomic E-state index is 0.268. The standard InChI is InChI=1S/C62H54N2/c1-46-16-13-19-49(42-46)28-41-61(51-21-7-4-8-22-51)53-29-33-56(34-30-53)63(58-37-39-59(40-38-58)64(55-25-11-6-12-26-55)60-27-15-18-48(3)44-60)57-35-31-54(32-36-57)62(52-23-9-5-10-24-52)45-50-20-14-17-47(2)43-50/h4-27,29-40,42-45,61H,28,41H2,1-3H3/b62-45+. The first kappa shape index (κ1) is 41.7. The lowest BCUT2D eigenvalue weighted by Crippen LogP contribution is -2.12. The lowest BCUT2D eigenvalue weighted by molar-refractivity contribution is 0.715. The van der Waals surface area contributed by atoms with E-state index in [0.717, 1.165) is 52.5 Å². The summed E-state index contributed by atoms with van der Waals surface area (Å²) in [6, 6.07) is 86.0. The molecule has 0 aliphatic rings. The van der Waals surface area contributed by atoms with Gasteiger partial charge in [0.05, 0.1) is 0 Å². The van der Waals surface area contributed by atoms with Crippen molar-refractivity contribution in [2.24, 2.45) is 0 Å². The average molecular weight is 827 g/mol. The van der Waals surface area contributed by atoms with Crippen LogP contribution in [0.2, 0.25) is 0 Å². The quantitative estimate of drug-likeness (QED) is 0.101. The lowest BCUT2D eigenvalue weighted by atomic mass is 9.86. The molecule has 0 radical (unpaired) electrons. The molecule has 1 atom stereocenters. The first-order valence-electron chi connectivity index (χ1n) is 22.4. The van der Waals surface area contributed by atoms with E-state index in [0.29, 0.717) is 0 Å². The fourth-order valence-corrected chi connectivity index (χ4v) is 8.90. The van der Waals surface area contributed by atoms with E-state index in [4.69, 9.17) is 0 Å². The van der Waals surface area contributed by atoms with Gasteiger partial charge < -0.3 is 9.80 Å². The SMILES string of the molecule is Cc1cccc(/C=C(\c2ccccc2)c2ccc(N(c3ccc(C(CCc4cccc(C)c4)c4ccccc4)cc3)c3ccc(N(c4ccccc4)c4cccc(C)c4)cc3)cc2)c1. The van der Waals surface area contributed by atoms with Crippen LogP contribution in [0.1, 0.15) is 62.4 Å². The molecule has 312 valence electrons. The maximum atomic E-state index is 2.38. The van der Waals surface area contributed by atoms with Crippen LogP contribution >= 0.6 is 0 Å². The van der Waals surface area contributed by atoms with Crippen LogP contribution in [0, 0.1) is 20.8 Å². The molecule has 0 amide bonds. The van der Waals surface area contributed by atoms with Crippen molar-refractivity contribution in [3.8, 4) is 0 Å².